The van der Waals surface area contributed by atoms with Gasteiger partial charge in [-0.3, -0.25) is 0 Å². The number of benzene rings is 4. The minimum absolute atomic E-state index is 0. The van der Waals surface area contributed by atoms with Crippen molar-refractivity contribution >= 4 is 5.97 Å². The summed E-state index contributed by atoms with van der Waals surface area (Å²) in [7, 11) is 0. The second-order valence-electron chi connectivity index (χ2n) is 8.52. The molecule has 5 nitrogen and oxygen atoms in total. The van der Waals surface area contributed by atoms with Gasteiger partial charge in [-0.1, -0.05) is 111 Å². The van der Waals surface area contributed by atoms with Gasteiger partial charge in [-0.2, -0.15) is 0 Å². The first-order chi connectivity index (χ1) is 18.2. The van der Waals surface area contributed by atoms with Crippen LogP contribution in [0.4, 0.5) is 0 Å². The van der Waals surface area contributed by atoms with Crippen molar-refractivity contribution in [2.24, 2.45) is 0 Å². The zero-order valence-electron chi connectivity index (χ0n) is 20.2. The Kier molecular flexibility index (Phi) is 8.19. The Balaban J connectivity index is 0.00000336. The number of imidazole rings is 1. The lowest BCUT2D eigenvalue weighted by molar-refractivity contribution is -0.139. The minimum atomic E-state index is -1.01. The van der Waals surface area contributed by atoms with Gasteiger partial charge in [-0.15, -0.1) is 6.58 Å². The van der Waals surface area contributed by atoms with Crippen molar-refractivity contribution in [3.05, 3.63) is 122 Å². The van der Waals surface area contributed by atoms with Crippen molar-refractivity contribution in [1.29, 1.82) is 0 Å². The molecule has 0 amide bonds. The standard InChI is InChI=1S/C32H26N2O3.CH4/c1-2-20-34-31(24-14-7-4-8-15-24)30(23-12-5-3-6-13-23)33-32(34)28-19-10-9-18-27(28)25-16-11-17-26(21-25)37-22-29(35)36;/h2-19,21H,1,20,22H2,(H,35,36);1H4. The fourth-order valence-corrected chi connectivity index (χ4v) is 4.48. The smallest absolute Gasteiger partial charge is 0.341 e. The highest BCUT2D eigenvalue weighted by Crippen LogP contribution is 2.39. The van der Waals surface area contributed by atoms with E-state index in [1.165, 1.54) is 0 Å². The third-order valence-corrected chi connectivity index (χ3v) is 6.05. The average Bonchev–Trinajstić information content (AvgIpc) is 3.32. The Hall–Kier alpha value is -4.90. The number of rotatable bonds is 9. The zero-order valence-corrected chi connectivity index (χ0v) is 20.2. The Morgan fingerprint density at radius 2 is 1.42 bits per heavy atom. The molecule has 1 aromatic heterocycles. The third-order valence-electron chi connectivity index (χ3n) is 6.05. The Morgan fingerprint density at radius 3 is 2.08 bits per heavy atom. The molecule has 0 unspecified atom stereocenters. The normalized spacial score (nSPS) is 10.4. The molecule has 38 heavy (non-hydrogen) atoms. The number of allylic oxidation sites excluding steroid dienone is 1. The quantitative estimate of drug-likeness (QED) is 0.209. The summed E-state index contributed by atoms with van der Waals surface area (Å²) in [5.41, 5.74) is 6.87. The fraction of sp³-hybridized carbons (Fsp3) is 0.0909. The van der Waals surface area contributed by atoms with Crippen LogP contribution >= 0.6 is 0 Å². The van der Waals surface area contributed by atoms with Gasteiger partial charge in [-0.25, -0.2) is 9.78 Å². The van der Waals surface area contributed by atoms with E-state index in [1.54, 1.807) is 6.07 Å². The first-order valence-electron chi connectivity index (χ1n) is 12.0. The van der Waals surface area contributed by atoms with E-state index in [-0.39, 0.29) is 7.43 Å². The lowest BCUT2D eigenvalue weighted by Gasteiger charge is -2.14. The Labute approximate surface area is 223 Å². The molecule has 5 rings (SSSR count). The van der Waals surface area contributed by atoms with Crippen molar-refractivity contribution < 1.29 is 14.6 Å². The summed E-state index contributed by atoms with van der Waals surface area (Å²) in [6.07, 6.45) is 1.88. The number of carbonyl (C=O) groups is 1. The largest absolute Gasteiger partial charge is 0.482 e. The van der Waals surface area contributed by atoms with Crippen LogP contribution in [0.2, 0.25) is 0 Å². The zero-order chi connectivity index (χ0) is 25.6. The number of ether oxygens (including phenoxy) is 1. The summed E-state index contributed by atoms with van der Waals surface area (Å²) in [6.45, 7) is 4.21. The van der Waals surface area contributed by atoms with Gasteiger partial charge in [-0.05, 0) is 23.3 Å². The molecular weight excluding hydrogens is 472 g/mol. The molecule has 5 heteroatoms. The van der Waals surface area contributed by atoms with Gasteiger partial charge in [0.25, 0.3) is 0 Å². The number of carboxylic acids is 1. The second kappa shape index (κ2) is 11.9. The number of nitrogens with zero attached hydrogens (tertiary/aromatic N) is 2. The third kappa shape index (κ3) is 5.42. The molecule has 5 aromatic rings. The topological polar surface area (TPSA) is 64.3 Å². The number of hydrogen-bond donors (Lipinski definition) is 1. The van der Waals surface area contributed by atoms with E-state index in [1.807, 2.05) is 78.9 Å². The average molecular weight is 503 g/mol. The molecule has 0 radical (unpaired) electrons. The first kappa shape index (κ1) is 26.2. The molecule has 0 saturated carbocycles. The van der Waals surface area contributed by atoms with Gasteiger partial charge in [0.05, 0.1) is 11.4 Å². The van der Waals surface area contributed by atoms with Gasteiger partial charge in [0, 0.05) is 23.2 Å². The van der Waals surface area contributed by atoms with E-state index in [0.717, 1.165) is 45.0 Å². The van der Waals surface area contributed by atoms with E-state index < -0.39 is 12.6 Å². The van der Waals surface area contributed by atoms with Gasteiger partial charge in [0.15, 0.2) is 6.61 Å². The molecule has 1 N–H and O–H groups in total. The first-order valence-corrected chi connectivity index (χ1v) is 12.0. The summed E-state index contributed by atoms with van der Waals surface area (Å²) in [6, 6.07) is 36.0. The maximum atomic E-state index is 11.0. The second-order valence-corrected chi connectivity index (χ2v) is 8.52. The van der Waals surface area contributed by atoms with Crippen molar-refractivity contribution in [2.45, 2.75) is 14.0 Å². The summed E-state index contributed by atoms with van der Waals surface area (Å²) < 4.78 is 7.65. The maximum Gasteiger partial charge on any atom is 0.341 e. The number of aromatic nitrogens is 2. The van der Waals surface area contributed by atoms with Crippen LogP contribution in [0.25, 0.3) is 45.0 Å². The summed E-state index contributed by atoms with van der Waals surface area (Å²) >= 11 is 0. The highest BCUT2D eigenvalue weighted by atomic mass is 16.5. The van der Waals surface area contributed by atoms with Gasteiger partial charge in [0.1, 0.15) is 11.6 Å². The number of aliphatic carboxylic acids is 1. The predicted octanol–water partition coefficient (Wildman–Crippen LogP) is 7.84. The lowest BCUT2D eigenvalue weighted by Crippen LogP contribution is -2.09. The lowest BCUT2D eigenvalue weighted by atomic mass is 9.99. The van der Waals surface area contributed by atoms with Crippen molar-refractivity contribution in [1.82, 2.24) is 9.55 Å². The molecule has 0 bridgehead atoms. The Bertz CT molecular complexity index is 1540. The molecule has 0 spiro atoms. The van der Waals surface area contributed by atoms with Crippen LogP contribution in [0, 0.1) is 0 Å². The van der Waals surface area contributed by atoms with E-state index in [4.69, 9.17) is 14.8 Å². The molecule has 4 aromatic carbocycles. The molecule has 0 aliphatic carbocycles. The predicted molar refractivity (Wildman–Crippen MR) is 154 cm³/mol. The highest BCUT2D eigenvalue weighted by molar-refractivity contribution is 5.87. The number of carboxylic acid groups (broad SMARTS) is 1. The minimum Gasteiger partial charge on any atom is -0.482 e. The van der Waals surface area contributed by atoms with Crippen molar-refractivity contribution in [3.63, 3.8) is 0 Å². The van der Waals surface area contributed by atoms with E-state index >= 15 is 0 Å². The summed E-state index contributed by atoms with van der Waals surface area (Å²) in [4.78, 5) is 16.2. The summed E-state index contributed by atoms with van der Waals surface area (Å²) in [5.74, 6) is 0.309. The van der Waals surface area contributed by atoms with Gasteiger partial charge >= 0.3 is 5.97 Å². The van der Waals surface area contributed by atoms with Crippen LogP contribution in [0.15, 0.2) is 122 Å². The van der Waals surface area contributed by atoms with Crippen molar-refractivity contribution in [2.75, 3.05) is 6.61 Å². The van der Waals surface area contributed by atoms with E-state index in [9.17, 15) is 4.79 Å². The van der Waals surface area contributed by atoms with Crippen LogP contribution in [0.5, 0.6) is 5.75 Å². The SMILES string of the molecule is C.C=CCn1c(-c2ccccc2-c2cccc(OCC(=O)O)c2)nc(-c2ccccc2)c1-c1ccccc1. The molecule has 0 saturated heterocycles. The Morgan fingerprint density at radius 1 is 0.816 bits per heavy atom. The van der Waals surface area contributed by atoms with Crippen LogP contribution in [0.1, 0.15) is 7.43 Å². The molecule has 0 aliphatic heterocycles. The summed E-state index contributed by atoms with van der Waals surface area (Å²) in [5, 5.41) is 9.01. The van der Waals surface area contributed by atoms with Gasteiger partial charge in [0.2, 0.25) is 0 Å². The highest BCUT2D eigenvalue weighted by Gasteiger charge is 2.22. The molecule has 0 aliphatic rings. The fourth-order valence-electron chi connectivity index (χ4n) is 4.48. The molecule has 190 valence electrons. The van der Waals surface area contributed by atoms with Gasteiger partial charge < -0.3 is 14.4 Å². The van der Waals surface area contributed by atoms with Crippen molar-refractivity contribution in [3.8, 4) is 50.8 Å². The molecule has 1 heterocycles. The molecule has 0 atom stereocenters. The maximum absolute atomic E-state index is 11.0. The van der Waals surface area contributed by atoms with Crippen LogP contribution in [-0.4, -0.2) is 27.2 Å². The molecular formula is C33H30N2O3. The van der Waals surface area contributed by atoms with E-state index in [2.05, 4.69) is 41.5 Å². The van der Waals surface area contributed by atoms with Crippen LogP contribution in [0.3, 0.4) is 0 Å². The molecule has 0 fully saturated rings. The van der Waals surface area contributed by atoms with E-state index in [0.29, 0.717) is 12.3 Å². The van der Waals surface area contributed by atoms with Crippen LogP contribution < -0.4 is 4.74 Å². The van der Waals surface area contributed by atoms with Crippen LogP contribution in [-0.2, 0) is 11.3 Å². The number of hydrogen-bond acceptors (Lipinski definition) is 3. The monoisotopic (exact) mass is 502 g/mol.